The Labute approximate surface area is 86.0 Å². The van der Waals surface area contributed by atoms with Gasteiger partial charge in [0.05, 0.1) is 5.92 Å². The molecule has 3 nitrogen and oxygen atoms in total. The lowest BCUT2D eigenvalue weighted by Crippen LogP contribution is -2.44. The number of rotatable bonds is 3. The molecule has 1 atom stereocenters. The van der Waals surface area contributed by atoms with Gasteiger partial charge in [0.1, 0.15) is 0 Å². The van der Waals surface area contributed by atoms with Crippen molar-refractivity contribution >= 4 is 5.91 Å². The summed E-state index contributed by atoms with van der Waals surface area (Å²) in [7, 11) is 0. The molecule has 1 rings (SSSR count). The first-order chi connectivity index (χ1) is 6.69. The Morgan fingerprint density at radius 1 is 1.64 bits per heavy atom. The first kappa shape index (κ1) is 11.2. The monoisotopic (exact) mass is 196 g/mol. The molecule has 0 aliphatic carbocycles. The lowest BCUT2D eigenvalue weighted by molar-refractivity contribution is -0.135. The van der Waals surface area contributed by atoms with Crippen LogP contribution in [0.1, 0.15) is 26.2 Å². The van der Waals surface area contributed by atoms with E-state index in [0.29, 0.717) is 0 Å². The maximum Gasteiger partial charge on any atom is 0.229 e. The number of carbonyl (C=O) groups is 1. The lowest BCUT2D eigenvalue weighted by Gasteiger charge is -2.32. The minimum atomic E-state index is -0.00988. The average Bonchev–Trinajstić information content (AvgIpc) is 2.20. The molecule has 0 spiro atoms. The molecule has 0 aromatic heterocycles. The minimum absolute atomic E-state index is 0.00988. The van der Waals surface area contributed by atoms with Crippen molar-refractivity contribution in [2.45, 2.75) is 32.2 Å². The van der Waals surface area contributed by atoms with Crippen LogP contribution in [0.5, 0.6) is 0 Å². The van der Waals surface area contributed by atoms with Crippen LogP contribution in [0.2, 0.25) is 0 Å². The topological polar surface area (TPSA) is 46.3 Å². The Hall–Kier alpha value is -0.830. The van der Waals surface area contributed by atoms with Gasteiger partial charge in [0.25, 0.3) is 0 Å². The average molecular weight is 196 g/mol. The molecule has 80 valence electrons. The van der Waals surface area contributed by atoms with E-state index in [0.717, 1.165) is 32.4 Å². The summed E-state index contributed by atoms with van der Waals surface area (Å²) in [6, 6.07) is 0.280. The van der Waals surface area contributed by atoms with Crippen LogP contribution >= 0.6 is 0 Å². The fourth-order valence-electron chi connectivity index (χ4n) is 1.80. The molecule has 0 radical (unpaired) electrons. The van der Waals surface area contributed by atoms with Crippen molar-refractivity contribution in [3.8, 4) is 0 Å². The predicted octanol–water partition coefficient (Wildman–Crippen LogP) is 1.15. The maximum absolute atomic E-state index is 11.9. The number of nitrogens with two attached hydrogens (primary N) is 1. The Balaban J connectivity index is 2.48. The van der Waals surface area contributed by atoms with Gasteiger partial charge in [-0.1, -0.05) is 13.0 Å². The quantitative estimate of drug-likeness (QED) is 0.688. The second kappa shape index (κ2) is 5.15. The molecule has 0 saturated carbocycles. The van der Waals surface area contributed by atoms with E-state index in [1.54, 1.807) is 6.08 Å². The fourth-order valence-corrected chi connectivity index (χ4v) is 1.80. The molecule has 14 heavy (non-hydrogen) atoms. The second-order valence-electron chi connectivity index (χ2n) is 3.91. The normalized spacial score (nSPS) is 20.6. The molecule has 1 fully saturated rings. The standard InChI is InChI=1S/C11H20N2O/c1-3-9(4-2)11(14)13-7-5-10(12)6-8-13/h3,9-10H,1,4-8,12H2,2H3/t9-/m0/s1. The highest BCUT2D eigenvalue weighted by molar-refractivity contribution is 5.80. The first-order valence-electron chi connectivity index (χ1n) is 5.36. The molecule has 2 N–H and O–H groups in total. The highest BCUT2D eigenvalue weighted by atomic mass is 16.2. The van der Waals surface area contributed by atoms with Crippen molar-refractivity contribution in [2.75, 3.05) is 13.1 Å². The summed E-state index contributed by atoms with van der Waals surface area (Å²) in [5.74, 6) is 0.207. The molecule has 0 aromatic carbocycles. The van der Waals surface area contributed by atoms with Crippen LogP contribution < -0.4 is 5.73 Å². The molecular formula is C11H20N2O. The zero-order valence-corrected chi connectivity index (χ0v) is 8.91. The van der Waals surface area contributed by atoms with Gasteiger partial charge in [0.15, 0.2) is 0 Å². The number of hydrogen-bond donors (Lipinski definition) is 1. The summed E-state index contributed by atoms with van der Waals surface area (Å²) in [6.45, 7) is 7.32. The van der Waals surface area contributed by atoms with Crippen molar-refractivity contribution in [3.05, 3.63) is 12.7 Å². The summed E-state index contributed by atoms with van der Waals surface area (Å²) >= 11 is 0. The number of nitrogens with zero attached hydrogens (tertiary/aromatic N) is 1. The molecule has 0 bridgehead atoms. The number of carbonyl (C=O) groups excluding carboxylic acids is 1. The van der Waals surface area contributed by atoms with Gasteiger partial charge in [0, 0.05) is 19.1 Å². The smallest absolute Gasteiger partial charge is 0.229 e. The molecule has 1 aliphatic heterocycles. The highest BCUT2D eigenvalue weighted by Gasteiger charge is 2.24. The third-order valence-electron chi connectivity index (χ3n) is 2.89. The molecular weight excluding hydrogens is 176 g/mol. The van der Waals surface area contributed by atoms with Gasteiger partial charge in [-0.2, -0.15) is 0 Å². The summed E-state index contributed by atoms with van der Waals surface area (Å²) in [4.78, 5) is 13.8. The van der Waals surface area contributed by atoms with E-state index in [1.165, 1.54) is 0 Å². The van der Waals surface area contributed by atoms with Crippen LogP contribution in [0, 0.1) is 5.92 Å². The third-order valence-corrected chi connectivity index (χ3v) is 2.89. The highest BCUT2D eigenvalue weighted by Crippen LogP contribution is 2.14. The van der Waals surface area contributed by atoms with Crippen molar-refractivity contribution in [3.63, 3.8) is 0 Å². The van der Waals surface area contributed by atoms with Crippen molar-refractivity contribution in [1.29, 1.82) is 0 Å². The Kier molecular flexibility index (Phi) is 4.14. The molecule has 1 aliphatic rings. The van der Waals surface area contributed by atoms with Crippen LogP contribution in [-0.2, 0) is 4.79 Å². The van der Waals surface area contributed by atoms with Gasteiger partial charge in [0.2, 0.25) is 5.91 Å². The Morgan fingerprint density at radius 2 is 2.21 bits per heavy atom. The molecule has 0 aromatic rings. The fraction of sp³-hybridized carbons (Fsp3) is 0.727. The van der Waals surface area contributed by atoms with Gasteiger partial charge >= 0.3 is 0 Å². The second-order valence-corrected chi connectivity index (χ2v) is 3.91. The van der Waals surface area contributed by atoms with Crippen LogP contribution in [-0.4, -0.2) is 29.9 Å². The zero-order valence-electron chi connectivity index (χ0n) is 8.91. The Morgan fingerprint density at radius 3 is 2.64 bits per heavy atom. The van der Waals surface area contributed by atoms with E-state index in [1.807, 2.05) is 11.8 Å². The number of piperidine rings is 1. The van der Waals surface area contributed by atoms with Crippen LogP contribution in [0.25, 0.3) is 0 Å². The molecule has 0 unspecified atom stereocenters. The summed E-state index contributed by atoms with van der Waals surface area (Å²) in [5, 5.41) is 0. The summed E-state index contributed by atoms with van der Waals surface area (Å²) in [6.07, 6.45) is 4.44. The van der Waals surface area contributed by atoms with Gasteiger partial charge in [-0.3, -0.25) is 4.79 Å². The molecule has 1 saturated heterocycles. The van der Waals surface area contributed by atoms with Crippen LogP contribution in [0.15, 0.2) is 12.7 Å². The van der Waals surface area contributed by atoms with E-state index >= 15 is 0 Å². The van der Waals surface area contributed by atoms with E-state index in [9.17, 15) is 4.79 Å². The third kappa shape index (κ3) is 2.58. The van der Waals surface area contributed by atoms with E-state index in [2.05, 4.69) is 6.58 Å². The van der Waals surface area contributed by atoms with Crippen molar-refractivity contribution < 1.29 is 4.79 Å². The molecule has 1 amide bonds. The summed E-state index contributed by atoms with van der Waals surface area (Å²) < 4.78 is 0. The van der Waals surface area contributed by atoms with Gasteiger partial charge < -0.3 is 10.6 Å². The van der Waals surface area contributed by atoms with Gasteiger partial charge in [-0.05, 0) is 19.3 Å². The van der Waals surface area contributed by atoms with Gasteiger partial charge in [-0.15, -0.1) is 6.58 Å². The van der Waals surface area contributed by atoms with Crippen molar-refractivity contribution in [2.24, 2.45) is 11.7 Å². The van der Waals surface area contributed by atoms with E-state index in [-0.39, 0.29) is 17.9 Å². The lowest BCUT2D eigenvalue weighted by atomic mass is 10.0. The van der Waals surface area contributed by atoms with E-state index < -0.39 is 0 Å². The largest absolute Gasteiger partial charge is 0.342 e. The van der Waals surface area contributed by atoms with Crippen LogP contribution in [0.3, 0.4) is 0 Å². The number of hydrogen-bond acceptors (Lipinski definition) is 2. The molecule has 1 heterocycles. The first-order valence-corrected chi connectivity index (χ1v) is 5.36. The Bertz CT molecular complexity index is 207. The minimum Gasteiger partial charge on any atom is -0.342 e. The maximum atomic E-state index is 11.9. The van der Waals surface area contributed by atoms with E-state index in [4.69, 9.17) is 5.73 Å². The predicted molar refractivity (Wildman–Crippen MR) is 57.8 cm³/mol. The van der Waals surface area contributed by atoms with Crippen molar-refractivity contribution in [1.82, 2.24) is 4.90 Å². The molecule has 3 heteroatoms. The van der Waals surface area contributed by atoms with Crippen LogP contribution in [0.4, 0.5) is 0 Å². The zero-order chi connectivity index (χ0) is 10.6. The summed E-state index contributed by atoms with van der Waals surface area (Å²) in [5.41, 5.74) is 5.78. The number of likely N-dealkylation sites (tertiary alicyclic amines) is 1. The number of amides is 1. The SMILES string of the molecule is C=C[C@@H](CC)C(=O)N1CCC(N)CC1. The van der Waals surface area contributed by atoms with Gasteiger partial charge in [-0.25, -0.2) is 0 Å².